The van der Waals surface area contributed by atoms with Gasteiger partial charge < -0.3 is 20.3 Å². The molecule has 8 heteroatoms. The van der Waals surface area contributed by atoms with Crippen molar-refractivity contribution in [2.45, 2.75) is 53.2 Å². The predicted molar refractivity (Wildman–Crippen MR) is 130 cm³/mol. The minimum atomic E-state index is -0.937. The number of alkyl carbamates (subject to hydrolysis) is 1. The summed E-state index contributed by atoms with van der Waals surface area (Å²) < 4.78 is 5.19. The van der Waals surface area contributed by atoms with Crippen LogP contribution in [0.15, 0.2) is 36.4 Å². The van der Waals surface area contributed by atoms with Gasteiger partial charge in [0.2, 0.25) is 5.91 Å². The van der Waals surface area contributed by atoms with Gasteiger partial charge >= 0.3 is 6.09 Å². The van der Waals surface area contributed by atoms with Crippen LogP contribution in [0.3, 0.4) is 0 Å². The van der Waals surface area contributed by atoms with Crippen LogP contribution in [0.2, 0.25) is 5.02 Å². The first-order valence-electron chi connectivity index (χ1n) is 10.7. The number of hydrogen-bond donors (Lipinski definition) is 2. The molecular weight excluding hydrogens is 442 g/mol. The third-order valence-electron chi connectivity index (χ3n) is 5.22. The van der Waals surface area contributed by atoms with Crippen LogP contribution in [0.1, 0.15) is 49.1 Å². The average Bonchev–Trinajstić information content (AvgIpc) is 2.71. The summed E-state index contributed by atoms with van der Waals surface area (Å²) in [6.45, 7) is 10.6. The molecule has 3 amide bonds. The summed E-state index contributed by atoms with van der Waals surface area (Å²) in [5.74, 6) is -0.856. The van der Waals surface area contributed by atoms with Gasteiger partial charge in [-0.15, -0.1) is 0 Å². The maximum absolute atomic E-state index is 13.5. The molecule has 2 aromatic carbocycles. The molecule has 0 saturated heterocycles. The van der Waals surface area contributed by atoms with Crippen LogP contribution in [0.4, 0.5) is 10.5 Å². The first kappa shape index (κ1) is 26.2. The maximum atomic E-state index is 13.5. The Balaban J connectivity index is 2.33. The molecule has 0 aromatic heterocycles. The third-order valence-corrected chi connectivity index (χ3v) is 5.54. The molecule has 1 unspecified atom stereocenters. The van der Waals surface area contributed by atoms with E-state index in [0.717, 1.165) is 16.7 Å². The van der Waals surface area contributed by atoms with Crippen LogP contribution < -0.4 is 10.6 Å². The summed E-state index contributed by atoms with van der Waals surface area (Å²) >= 11 is 6.30. The highest BCUT2D eigenvalue weighted by atomic mass is 35.5. The minimum Gasteiger partial charge on any atom is -0.444 e. The molecule has 7 nitrogen and oxygen atoms in total. The number of rotatable bonds is 6. The highest BCUT2D eigenvalue weighted by Gasteiger charge is 2.31. The Morgan fingerprint density at radius 3 is 2.24 bits per heavy atom. The molecule has 0 aliphatic carbocycles. The second-order valence-corrected chi connectivity index (χ2v) is 9.38. The molecule has 0 saturated carbocycles. The number of anilines is 1. The summed E-state index contributed by atoms with van der Waals surface area (Å²) in [6, 6.07) is 10.00. The highest BCUT2D eigenvalue weighted by molar-refractivity contribution is 6.34. The van der Waals surface area contributed by atoms with Gasteiger partial charge in [-0.25, -0.2) is 4.79 Å². The standard InChI is InChI=1S/C25H32ClN3O4/c1-15-10-8-12-18(17(15)3)22(23(31)28-21-16(2)11-9-13-19(21)26)29(7)20(30)14-27-24(32)33-25(4,5)6/h8-13,22H,14H2,1-7H3,(H,27,32)(H,28,31). The fourth-order valence-corrected chi connectivity index (χ4v) is 3.58. The maximum Gasteiger partial charge on any atom is 0.408 e. The van der Waals surface area contributed by atoms with E-state index in [-0.39, 0.29) is 6.54 Å². The van der Waals surface area contributed by atoms with E-state index in [4.69, 9.17) is 16.3 Å². The van der Waals surface area contributed by atoms with Crippen molar-refractivity contribution in [1.29, 1.82) is 0 Å². The van der Waals surface area contributed by atoms with Crippen LogP contribution in [-0.2, 0) is 14.3 Å². The largest absolute Gasteiger partial charge is 0.444 e. The summed E-state index contributed by atoms with van der Waals surface area (Å²) in [7, 11) is 1.53. The molecule has 0 aliphatic rings. The summed E-state index contributed by atoms with van der Waals surface area (Å²) in [6.07, 6.45) is -0.705. The fourth-order valence-electron chi connectivity index (χ4n) is 3.31. The molecule has 1 atom stereocenters. The molecule has 0 heterocycles. The van der Waals surface area contributed by atoms with Crippen molar-refractivity contribution in [3.05, 3.63) is 63.7 Å². The predicted octanol–water partition coefficient (Wildman–Crippen LogP) is 4.93. The van der Waals surface area contributed by atoms with Crippen LogP contribution in [0, 0.1) is 20.8 Å². The molecule has 0 aliphatic heterocycles. The highest BCUT2D eigenvalue weighted by Crippen LogP contribution is 2.30. The van der Waals surface area contributed by atoms with Gasteiger partial charge in [0.15, 0.2) is 0 Å². The lowest BCUT2D eigenvalue weighted by Crippen LogP contribution is -2.44. The Morgan fingerprint density at radius 2 is 1.64 bits per heavy atom. The molecular formula is C25H32ClN3O4. The summed E-state index contributed by atoms with van der Waals surface area (Å²) in [5.41, 5.74) is 3.18. The van der Waals surface area contributed by atoms with Crippen molar-refractivity contribution in [3.63, 3.8) is 0 Å². The van der Waals surface area contributed by atoms with E-state index in [1.807, 2.05) is 45.0 Å². The normalized spacial score (nSPS) is 12.0. The molecule has 0 fully saturated rings. The molecule has 178 valence electrons. The van der Waals surface area contributed by atoms with Gasteiger partial charge in [0.1, 0.15) is 18.2 Å². The number of ether oxygens (including phenoxy) is 1. The number of carbonyl (C=O) groups is 3. The lowest BCUT2D eigenvalue weighted by atomic mass is 9.95. The molecule has 2 aromatic rings. The van der Waals surface area contributed by atoms with Crippen LogP contribution >= 0.6 is 11.6 Å². The molecule has 33 heavy (non-hydrogen) atoms. The fraction of sp³-hybridized carbons (Fsp3) is 0.400. The molecule has 0 radical (unpaired) electrons. The van der Waals surface area contributed by atoms with Crippen LogP contribution in [0.25, 0.3) is 0 Å². The minimum absolute atomic E-state index is 0.314. The van der Waals surface area contributed by atoms with E-state index < -0.39 is 29.6 Å². The van der Waals surface area contributed by atoms with Crippen molar-refractivity contribution in [1.82, 2.24) is 10.2 Å². The van der Waals surface area contributed by atoms with Crippen molar-refractivity contribution in [2.24, 2.45) is 0 Å². The number of para-hydroxylation sites is 1. The molecule has 0 bridgehead atoms. The van der Waals surface area contributed by atoms with Gasteiger partial charge in [0.05, 0.1) is 10.7 Å². The van der Waals surface area contributed by atoms with Crippen molar-refractivity contribution in [3.8, 4) is 0 Å². The Kier molecular flexibility index (Phi) is 8.50. The Bertz CT molecular complexity index is 1030. The Labute approximate surface area is 200 Å². The van der Waals surface area contributed by atoms with Gasteiger partial charge in [0, 0.05) is 7.05 Å². The average molecular weight is 474 g/mol. The number of halogens is 1. The van der Waals surface area contributed by atoms with Crippen molar-refractivity contribution in [2.75, 3.05) is 18.9 Å². The lowest BCUT2D eigenvalue weighted by molar-refractivity contribution is -0.136. The van der Waals surface area contributed by atoms with Gasteiger partial charge in [-0.3, -0.25) is 9.59 Å². The Hall–Kier alpha value is -3.06. The Morgan fingerprint density at radius 1 is 1.03 bits per heavy atom. The zero-order valence-corrected chi connectivity index (χ0v) is 21.0. The van der Waals surface area contributed by atoms with E-state index in [1.54, 1.807) is 32.9 Å². The summed E-state index contributed by atoms with van der Waals surface area (Å²) in [4.78, 5) is 39.7. The second-order valence-electron chi connectivity index (χ2n) is 8.97. The SMILES string of the molecule is Cc1cccc(C(C(=O)Nc2c(C)cccc2Cl)N(C)C(=O)CNC(=O)OC(C)(C)C)c1C. The number of benzene rings is 2. The second kappa shape index (κ2) is 10.7. The van der Waals surface area contributed by atoms with Crippen molar-refractivity contribution >= 4 is 35.2 Å². The van der Waals surface area contributed by atoms with Crippen molar-refractivity contribution < 1.29 is 19.1 Å². The van der Waals surface area contributed by atoms with E-state index >= 15 is 0 Å². The number of amides is 3. The van der Waals surface area contributed by atoms with E-state index in [1.165, 1.54) is 11.9 Å². The van der Waals surface area contributed by atoms with E-state index in [9.17, 15) is 14.4 Å². The molecule has 0 spiro atoms. The zero-order valence-electron chi connectivity index (χ0n) is 20.2. The van der Waals surface area contributed by atoms with E-state index in [0.29, 0.717) is 16.3 Å². The van der Waals surface area contributed by atoms with Gasteiger partial charge in [0.25, 0.3) is 5.91 Å². The number of carbonyl (C=O) groups excluding carboxylic acids is 3. The number of aryl methyl sites for hydroxylation is 2. The molecule has 2 N–H and O–H groups in total. The molecule has 2 rings (SSSR count). The number of hydrogen-bond acceptors (Lipinski definition) is 4. The summed E-state index contributed by atoms with van der Waals surface area (Å²) in [5, 5.41) is 5.74. The van der Waals surface area contributed by atoms with Crippen LogP contribution in [0.5, 0.6) is 0 Å². The van der Waals surface area contributed by atoms with E-state index in [2.05, 4.69) is 10.6 Å². The first-order chi connectivity index (χ1) is 15.3. The zero-order chi connectivity index (χ0) is 24.9. The van der Waals surface area contributed by atoms with Gasteiger partial charge in [-0.1, -0.05) is 41.9 Å². The van der Waals surface area contributed by atoms with Crippen LogP contribution in [-0.4, -0.2) is 42.0 Å². The number of nitrogens with zero attached hydrogens (tertiary/aromatic N) is 1. The number of likely N-dealkylation sites (N-methyl/N-ethyl adjacent to an activating group) is 1. The van der Waals surface area contributed by atoms with Gasteiger partial charge in [-0.05, 0) is 69.9 Å². The smallest absolute Gasteiger partial charge is 0.408 e. The third kappa shape index (κ3) is 6.96. The van der Waals surface area contributed by atoms with Gasteiger partial charge in [-0.2, -0.15) is 0 Å². The monoisotopic (exact) mass is 473 g/mol. The lowest BCUT2D eigenvalue weighted by Gasteiger charge is -2.30. The first-order valence-corrected chi connectivity index (χ1v) is 11.0. The number of nitrogens with one attached hydrogen (secondary N) is 2. The topological polar surface area (TPSA) is 87.7 Å². The quantitative estimate of drug-likeness (QED) is 0.622.